The third kappa shape index (κ3) is 3.44. The maximum absolute atomic E-state index is 5.26. The SMILES string of the molecule is CCc1ccc(-c2nc3ccccn3c2N=Nc2cccc(OC)c2)cc1. The Bertz CT molecular complexity index is 1100. The molecule has 0 spiro atoms. The minimum Gasteiger partial charge on any atom is -0.497 e. The lowest BCUT2D eigenvalue weighted by Gasteiger charge is -2.02. The molecule has 2 aromatic heterocycles. The van der Waals surface area contributed by atoms with E-state index in [1.165, 1.54) is 5.56 Å². The Morgan fingerprint density at radius 1 is 0.963 bits per heavy atom. The molecule has 0 N–H and O–H groups in total. The number of nitrogens with zero attached hydrogens (tertiary/aromatic N) is 4. The molecular weight excluding hydrogens is 336 g/mol. The van der Waals surface area contributed by atoms with Crippen LogP contribution >= 0.6 is 0 Å². The van der Waals surface area contributed by atoms with Gasteiger partial charge in [-0.05, 0) is 36.2 Å². The third-order valence-corrected chi connectivity index (χ3v) is 4.45. The molecule has 4 rings (SSSR count). The van der Waals surface area contributed by atoms with Gasteiger partial charge in [0.15, 0.2) is 5.82 Å². The molecule has 0 fully saturated rings. The molecule has 0 aliphatic rings. The van der Waals surface area contributed by atoms with E-state index in [0.717, 1.165) is 34.8 Å². The second kappa shape index (κ2) is 7.41. The molecule has 2 aromatic carbocycles. The van der Waals surface area contributed by atoms with Crippen molar-refractivity contribution in [3.05, 3.63) is 78.5 Å². The van der Waals surface area contributed by atoms with Crippen LogP contribution in [0.5, 0.6) is 5.75 Å². The van der Waals surface area contributed by atoms with Crippen molar-refractivity contribution < 1.29 is 4.74 Å². The van der Waals surface area contributed by atoms with Crippen molar-refractivity contribution in [3.63, 3.8) is 0 Å². The molecule has 0 atom stereocenters. The summed E-state index contributed by atoms with van der Waals surface area (Å²) < 4.78 is 7.21. The maximum Gasteiger partial charge on any atom is 0.187 e. The first-order chi connectivity index (χ1) is 13.3. The summed E-state index contributed by atoms with van der Waals surface area (Å²) in [6, 6.07) is 21.8. The molecule has 0 bridgehead atoms. The largest absolute Gasteiger partial charge is 0.497 e. The van der Waals surface area contributed by atoms with Crippen molar-refractivity contribution in [2.24, 2.45) is 10.2 Å². The van der Waals surface area contributed by atoms with Crippen molar-refractivity contribution in [2.75, 3.05) is 7.11 Å². The Kier molecular flexibility index (Phi) is 4.66. The molecule has 0 aliphatic carbocycles. The molecule has 0 radical (unpaired) electrons. The molecule has 5 nitrogen and oxygen atoms in total. The average molecular weight is 356 g/mol. The van der Waals surface area contributed by atoms with Gasteiger partial charge in [-0.15, -0.1) is 10.2 Å². The molecule has 0 saturated heterocycles. The zero-order valence-electron chi connectivity index (χ0n) is 15.3. The van der Waals surface area contributed by atoms with E-state index < -0.39 is 0 Å². The highest BCUT2D eigenvalue weighted by molar-refractivity contribution is 5.74. The second-order valence-corrected chi connectivity index (χ2v) is 6.16. The Labute approximate surface area is 158 Å². The molecule has 0 aliphatic heterocycles. The van der Waals surface area contributed by atoms with Crippen LogP contribution in [0.3, 0.4) is 0 Å². The number of aryl methyl sites for hydroxylation is 1. The fraction of sp³-hybridized carbons (Fsp3) is 0.136. The van der Waals surface area contributed by atoms with Gasteiger partial charge in [0, 0.05) is 17.8 Å². The highest BCUT2D eigenvalue weighted by Gasteiger charge is 2.13. The van der Waals surface area contributed by atoms with E-state index in [4.69, 9.17) is 9.72 Å². The van der Waals surface area contributed by atoms with E-state index in [2.05, 4.69) is 41.4 Å². The van der Waals surface area contributed by atoms with E-state index in [1.807, 2.05) is 53.1 Å². The number of aromatic nitrogens is 2. The first kappa shape index (κ1) is 17.0. The normalized spacial score (nSPS) is 11.3. The molecule has 5 heteroatoms. The summed E-state index contributed by atoms with van der Waals surface area (Å²) in [6.07, 6.45) is 2.96. The van der Waals surface area contributed by atoms with Crippen LogP contribution in [0, 0.1) is 0 Å². The topological polar surface area (TPSA) is 51.2 Å². The Morgan fingerprint density at radius 2 is 1.81 bits per heavy atom. The van der Waals surface area contributed by atoms with Gasteiger partial charge in [0.2, 0.25) is 0 Å². The van der Waals surface area contributed by atoms with Gasteiger partial charge in [-0.3, -0.25) is 4.40 Å². The molecule has 134 valence electrons. The summed E-state index contributed by atoms with van der Waals surface area (Å²) in [5.41, 5.74) is 4.70. The number of pyridine rings is 1. The Hall–Kier alpha value is -3.47. The van der Waals surface area contributed by atoms with Gasteiger partial charge in [0.05, 0.1) is 12.8 Å². The molecule has 27 heavy (non-hydrogen) atoms. The van der Waals surface area contributed by atoms with Gasteiger partial charge in [0.25, 0.3) is 0 Å². The van der Waals surface area contributed by atoms with Gasteiger partial charge >= 0.3 is 0 Å². The molecular formula is C22H20N4O. The first-order valence-corrected chi connectivity index (χ1v) is 8.90. The lowest BCUT2D eigenvalue weighted by Crippen LogP contribution is -1.83. The number of hydrogen-bond acceptors (Lipinski definition) is 4. The summed E-state index contributed by atoms with van der Waals surface area (Å²) in [5, 5.41) is 8.94. The van der Waals surface area contributed by atoms with E-state index in [0.29, 0.717) is 5.82 Å². The van der Waals surface area contributed by atoms with Crippen LogP contribution in [-0.4, -0.2) is 16.5 Å². The molecule has 0 amide bonds. The quantitative estimate of drug-likeness (QED) is 0.413. The standard InChI is InChI=1S/C22H20N4O/c1-3-16-10-12-17(13-11-16)21-22(26-14-5-4-9-20(26)23-21)25-24-18-7-6-8-19(15-18)27-2/h4-15H,3H2,1-2H3. The zero-order valence-corrected chi connectivity index (χ0v) is 15.3. The van der Waals surface area contributed by atoms with Gasteiger partial charge in [-0.25, -0.2) is 4.98 Å². The first-order valence-electron chi connectivity index (χ1n) is 8.90. The summed E-state index contributed by atoms with van der Waals surface area (Å²) in [7, 11) is 1.64. The summed E-state index contributed by atoms with van der Waals surface area (Å²) >= 11 is 0. The monoisotopic (exact) mass is 356 g/mol. The van der Waals surface area contributed by atoms with Gasteiger partial charge in [-0.2, -0.15) is 0 Å². The molecule has 0 saturated carbocycles. The van der Waals surface area contributed by atoms with Crippen LogP contribution in [0.2, 0.25) is 0 Å². The van der Waals surface area contributed by atoms with Gasteiger partial charge in [0.1, 0.15) is 17.1 Å². The van der Waals surface area contributed by atoms with Crippen molar-refractivity contribution in [3.8, 4) is 17.0 Å². The molecule has 0 unspecified atom stereocenters. The van der Waals surface area contributed by atoms with Gasteiger partial charge in [-0.1, -0.05) is 43.3 Å². The molecule has 4 aromatic rings. The van der Waals surface area contributed by atoms with E-state index >= 15 is 0 Å². The predicted molar refractivity (Wildman–Crippen MR) is 107 cm³/mol. The van der Waals surface area contributed by atoms with E-state index in [1.54, 1.807) is 7.11 Å². The number of azo groups is 1. The Morgan fingerprint density at radius 3 is 2.59 bits per heavy atom. The number of hydrogen-bond donors (Lipinski definition) is 0. The minimum absolute atomic E-state index is 0.706. The fourth-order valence-electron chi connectivity index (χ4n) is 2.95. The number of methoxy groups -OCH3 is 1. The lowest BCUT2D eigenvalue weighted by atomic mass is 10.1. The second-order valence-electron chi connectivity index (χ2n) is 6.16. The van der Waals surface area contributed by atoms with E-state index in [9.17, 15) is 0 Å². The summed E-state index contributed by atoms with van der Waals surface area (Å²) in [6.45, 7) is 2.15. The third-order valence-electron chi connectivity index (χ3n) is 4.45. The number of benzene rings is 2. The Balaban J connectivity index is 1.81. The van der Waals surface area contributed by atoms with Crippen LogP contribution in [-0.2, 0) is 6.42 Å². The maximum atomic E-state index is 5.26. The smallest absolute Gasteiger partial charge is 0.187 e. The average Bonchev–Trinajstić information content (AvgIpc) is 3.11. The van der Waals surface area contributed by atoms with Crippen LogP contribution in [0.15, 0.2) is 83.2 Å². The summed E-state index contributed by atoms with van der Waals surface area (Å²) in [4.78, 5) is 4.77. The fourth-order valence-corrected chi connectivity index (χ4v) is 2.95. The van der Waals surface area contributed by atoms with E-state index in [-0.39, 0.29) is 0 Å². The number of rotatable bonds is 5. The number of fused-ring (bicyclic) bond motifs is 1. The highest BCUT2D eigenvalue weighted by atomic mass is 16.5. The van der Waals surface area contributed by atoms with Gasteiger partial charge < -0.3 is 4.74 Å². The van der Waals surface area contributed by atoms with Crippen molar-refractivity contribution in [1.29, 1.82) is 0 Å². The zero-order chi connectivity index (χ0) is 18.6. The van der Waals surface area contributed by atoms with Crippen molar-refractivity contribution >= 4 is 17.2 Å². The predicted octanol–water partition coefficient (Wildman–Crippen LogP) is 5.99. The van der Waals surface area contributed by atoms with Crippen LogP contribution in [0.25, 0.3) is 16.9 Å². The van der Waals surface area contributed by atoms with Crippen molar-refractivity contribution in [1.82, 2.24) is 9.38 Å². The van der Waals surface area contributed by atoms with Crippen molar-refractivity contribution in [2.45, 2.75) is 13.3 Å². The highest BCUT2D eigenvalue weighted by Crippen LogP contribution is 2.32. The number of ether oxygens (including phenoxy) is 1. The van der Waals surface area contributed by atoms with Crippen LogP contribution in [0.1, 0.15) is 12.5 Å². The van der Waals surface area contributed by atoms with Crippen LogP contribution in [0.4, 0.5) is 11.5 Å². The lowest BCUT2D eigenvalue weighted by molar-refractivity contribution is 0.415. The number of imidazole rings is 1. The molecule has 2 heterocycles. The van der Waals surface area contributed by atoms with Crippen LogP contribution < -0.4 is 4.74 Å². The summed E-state index contributed by atoms with van der Waals surface area (Å²) in [5.74, 6) is 1.46. The minimum atomic E-state index is 0.706.